The van der Waals surface area contributed by atoms with Crippen LogP contribution in [0.2, 0.25) is 0 Å². The summed E-state index contributed by atoms with van der Waals surface area (Å²) in [6.45, 7) is 0. The van der Waals surface area contributed by atoms with Crippen LogP contribution in [0.5, 0.6) is 0 Å². The molecular weight excluding hydrogens is 112 g/mol. The summed E-state index contributed by atoms with van der Waals surface area (Å²) in [4.78, 5) is 19.3. The van der Waals surface area contributed by atoms with Gasteiger partial charge in [-0.2, -0.15) is 0 Å². The Bertz CT molecular complexity index is 64.6. The van der Waals surface area contributed by atoms with Crippen LogP contribution < -0.4 is 0 Å². The van der Waals surface area contributed by atoms with E-state index in [9.17, 15) is 9.59 Å². The van der Waals surface area contributed by atoms with Gasteiger partial charge >= 0.3 is 9.04 Å². The summed E-state index contributed by atoms with van der Waals surface area (Å²) in [5, 5.41) is 0. The summed E-state index contributed by atoms with van der Waals surface area (Å²) in [6.07, 6.45) is 0. The highest BCUT2D eigenvalue weighted by atomic mass is 28.3. The van der Waals surface area contributed by atoms with E-state index < -0.39 is 9.04 Å². The molecule has 0 atom stereocenters. The molecule has 40 valence electrons. The van der Waals surface area contributed by atoms with E-state index in [1.165, 1.54) is 7.11 Å². The average molecular weight is 118 g/mol. The van der Waals surface area contributed by atoms with Gasteiger partial charge in [-0.15, -0.1) is 0 Å². The van der Waals surface area contributed by atoms with Crippen LogP contribution in [0, 0.1) is 0 Å². The number of hydrogen-bond donors (Lipinski definition) is 0. The predicted octanol–water partition coefficient (Wildman–Crippen LogP) is -1.10. The molecule has 0 radical (unpaired) electrons. The maximum Gasteiger partial charge on any atom is 0.311 e. The minimum atomic E-state index is -2.03. The molecule has 0 amide bonds. The van der Waals surface area contributed by atoms with Crippen LogP contribution in [-0.2, 0) is 14.0 Å². The molecular formula is C3H6O3Si. The van der Waals surface area contributed by atoms with Gasteiger partial charge in [0, 0.05) is 7.11 Å². The monoisotopic (exact) mass is 118 g/mol. The Kier molecular flexibility index (Phi) is 3.44. The summed E-state index contributed by atoms with van der Waals surface area (Å²) in [5.74, 6) is 1.15. The van der Waals surface area contributed by atoms with Crippen molar-refractivity contribution in [3.05, 3.63) is 0 Å². The molecule has 0 N–H and O–H groups in total. The quantitative estimate of drug-likeness (QED) is 0.349. The molecule has 0 aliphatic carbocycles. The van der Waals surface area contributed by atoms with E-state index in [2.05, 4.69) is 4.43 Å². The molecule has 0 unspecified atom stereocenters. The fraction of sp³-hybridized carbons (Fsp3) is 0.333. The van der Waals surface area contributed by atoms with Gasteiger partial charge in [-0.25, -0.2) is 0 Å². The third-order valence-corrected chi connectivity index (χ3v) is 1.62. The molecule has 0 saturated heterocycles. The number of carbonyl (C=O) groups excluding carboxylic acids is 2. The minimum Gasteiger partial charge on any atom is -0.410 e. The molecule has 0 rings (SSSR count). The maximum atomic E-state index is 9.67. The summed E-state index contributed by atoms with van der Waals surface area (Å²) in [5.41, 5.74) is 0. The second-order valence-electron chi connectivity index (χ2n) is 0.972. The van der Waals surface area contributed by atoms with Gasteiger partial charge in [0.05, 0.1) is 0 Å². The predicted molar refractivity (Wildman–Crippen MR) is 27.7 cm³/mol. The third kappa shape index (κ3) is 2.24. The highest BCUT2D eigenvalue weighted by molar-refractivity contribution is 6.99. The van der Waals surface area contributed by atoms with Crippen LogP contribution in [0.4, 0.5) is 0 Å². The zero-order chi connectivity index (χ0) is 5.70. The van der Waals surface area contributed by atoms with Crippen LogP contribution in [-0.4, -0.2) is 28.0 Å². The molecule has 0 spiro atoms. The molecule has 0 aromatic rings. The molecule has 0 fully saturated rings. The molecule has 0 aromatic heterocycles. The lowest BCUT2D eigenvalue weighted by atomic mass is 11.7. The Labute approximate surface area is 43.0 Å². The Balaban J connectivity index is 3.36. The van der Waals surface area contributed by atoms with E-state index in [1.807, 2.05) is 0 Å². The van der Waals surface area contributed by atoms with Crippen molar-refractivity contribution in [1.29, 1.82) is 0 Å². The molecule has 0 bridgehead atoms. The van der Waals surface area contributed by atoms with E-state index in [0.717, 1.165) is 0 Å². The van der Waals surface area contributed by atoms with E-state index in [4.69, 9.17) is 0 Å². The van der Waals surface area contributed by atoms with Gasteiger partial charge in [-0.1, -0.05) is 0 Å². The van der Waals surface area contributed by atoms with Gasteiger partial charge in [0.15, 0.2) is 0 Å². The van der Waals surface area contributed by atoms with E-state index >= 15 is 0 Å². The van der Waals surface area contributed by atoms with E-state index in [0.29, 0.717) is 11.8 Å². The summed E-state index contributed by atoms with van der Waals surface area (Å²) >= 11 is 0. The molecule has 0 saturated carbocycles. The van der Waals surface area contributed by atoms with Gasteiger partial charge in [0.1, 0.15) is 11.8 Å². The molecule has 0 heterocycles. The first-order valence-corrected chi connectivity index (χ1v) is 3.59. The lowest BCUT2D eigenvalue weighted by molar-refractivity contribution is 0.434. The highest BCUT2D eigenvalue weighted by Gasteiger charge is 2.03. The summed E-state index contributed by atoms with van der Waals surface area (Å²) < 4.78 is 4.45. The van der Waals surface area contributed by atoms with Gasteiger partial charge in [-0.3, -0.25) is 0 Å². The lowest BCUT2D eigenvalue weighted by Gasteiger charge is -1.89. The molecule has 4 heteroatoms. The van der Waals surface area contributed by atoms with Crippen molar-refractivity contribution in [2.45, 2.75) is 0 Å². The highest BCUT2D eigenvalue weighted by Crippen LogP contribution is 1.66. The smallest absolute Gasteiger partial charge is 0.311 e. The van der Waals surface area contributed by atoms with Gasteiger partial charge in [-0.05, 0) is 0 Å². The van der Waals surface area contributed by atoms with Crippen molar-refractivity contribution in [1.82, 2.24) is 0 Å². The fourth-order valence-corrected chi connectivity index (χ4v) is 0.430. The molecule has 0 aliphatic rings. The Hall–Kier alpha value is -0.483. The summed E-state index contributed by atoms with van der Waals surface area (Å²) in [6, 6.07) is 0. The van der Waals surface area contributed by atoms with Crippen LogP contribution in [0.15, 0.2) is 0 Å². The SMILES string of the molecule is CO[SiH](C=O)C=O. The molecule has 0 aromatic carbocycles. The van der Waals surface area contributed by atoms with Crippen molar-refractivity contribution >= 4 is 20.9 Å². The largest absolute Gasteiger partial charge is 0.410 e. The van der Waals surface area contributed by atoms with Crippen LogP contribution in [0.1, 0.15) is 0 Å². The van der Waals surface area contributed by atoms with Crippen LogP contribution >= 0.6 is 0 Å². The van der Waals surface area contributed by atoms with Crippen molar-refractivity contribution < 1.29 is 14.0 Å². The van der Waals surface area contributed by atoms with Gasteiger partial charge < -0.3 is 14.0 Å². The van der Waals surface area contributed by atoms with Crippen LogP contribution in [0.25, 0.3) is 0 Å². The normalized spacial score (nSPS) is 8.86. The van der Waals surface area contributed by atoms with Crippen molar-refractivity contribution in [3.8, 4) is 0 Å². The van der Waals surface area contributed by atoms with Gasteiger partial charge in [0.25, 0.3) is 0 Å². The first-order chi connectivity index (χ1) is 3.35. The second-order valence-corrected chi connectivity index (χ2v) is 2.92. The Morgan fingerprint density at radius 3 is 1.86 bits per heavy atom. The number of hydrogen-bond acceptors (Lipinski definition) is 3. The lowest BCUT2D eigenvalue weighted by Crippen LogP contribution is -2.19. The zero-order valence-corrected chi connectivity index (χ0v) is 5.11. The first kappa shape index (κ1) is 6.52. The third-order valence-electron chi connectivity index (χ3n) is 0.540. The number of carbonyl (C=O) groups is 2. The van der Waals surface area contributed by atoms with Crippen molar-refractivity contribution in [3.63, 3.8) is 0 Å². The number of rotatable bonds is 3. The molecule has 3 nitrogen and oxygen atoms in total. The second kappa shape index (κ2) is 3.70. The van der Waals surface area contributed by atoms with Gasteiger partial charge in [0.2, 0.25) is 0 Å². The standard InChI is InChI=1S/C3H6O3Si/c1-6-7(2-4)3-5/h2-3,7H,1H3. The van der Waals surface area contributed by atoms with Crippen molar-refractivity contribution in [2.24, 2.45) is 0 Å². The maximum absolute atomic E-state index is 9.67. The van der Waals surface area contributed by atoms with Crippen LogP contribution in [0.3, 0.4) is 0 Å². The van der Waals surface area contributed by atoms with E-state index in [-0.39, 0.29) is 0 Å². The average Bonchev–Trinajstić information content (AvgIpc) is 1.72. The fourth-order valence-electron chi connectivity index (χ4n) is 0.143. The van der Waals surface area contributed by atoms with Crippen molar-refractivity contribution in [2.75, 3.05) is 7.11 Å². The Morgan fingerprint density at radius 1 is 1.43 bits per heavy atom. The molecule has 7 heavy (non-hydrogen) atoms. The minimum absolute atomic E-state index is 0.576. The first-order valence-electron chi connectivity index (χ1n) is 1.78. The summed E-state index contributed by atoms with van der Waals surface area (Å²) in [7, 11) is -0.672. The zero-order valence-electron chi connectivity index (χ0n) is 3.96. The topological polar surface area (TPSA) is 43.4 Å². The molecule has 0 aliphatic heterocycles. The van der Waals surface area contributed by atoms with E-state index in [1.54, 1.807) is 0 Å². The Morgan fingerprint density at radius 2 is 1.86 bits per heavy atom.